The second-order valence-corrected chi connectivity index (χ2v) is 5.58. The fourth-order valence-corrected chi connectivity index (χ4v) is 2.40. The minimum Gasteiger partial charge on any atom is -0.480 e. The van der Waals surface area contributed by atoms with E-state index in [4.69, 9.17) is 5.11 Å². The minimum atomic E-state index is -1.54. The number of aryl methyl sites for hydroxylation is 1. The van der Waals surface area contributed by atoms with Crippen molar-refractivity contribution in [2.24, 2.45) is 0 Å². The molecular weight excluding hydrogens is 258 g/mol. The molecule has 2 atom stereocenters. The molecule has 0 aliphatic heterocycles. The van der Waals surface area contributed by atoms with Crippen LogP contribution < -0.4 is 0 Å². The number of carboxylic acids is 1. The maximum Gasteiger partial charge on any atom is 0.318 e. The van der Waals surface area contributed by atoms with Crippen molar-refractivity contribution in [1.82, 2.24) is 0 Å². The number of carboxylic acid groups (broad SMARTS) is 1. The van der Waals surface area contributed by atoms with E-state index in [9.17, 15) is 19.1 Å². The largest absolute Gasteiger partial charge is 0.480 e. The highest BCUT2D eigenvalue weighted by molar-refractivity contribution is 7.86. The van der Waals surface area contributed by atoms with Gasteiger partial charge in [-0.1, -0.05) is 18.2 Å². The second kappa shape index (κ2) is 6.25. The number of carbonyl (C=O) groups is 1. The third-order valence-corrected chi connectivity index (χ3v) is 4.10. The van der Waals surface area contributed by atoms with Crippen LogP contribution in [0, 0.1) is 10.1 Å². The van der Waals surface area contributed by atoms with Gasteiger partial charge in [-0.3, -0.25) is 19.1 Å². The zero-order valence-electron chi connectivity index (χ0n) is 9.74. The SMILES string of the molecule is CC(C(=O)O)S(=O)CCc1ccccc1[N+](=O)[O-]. The van der Waals surface area contributed by atoms with Gasteiger partial charge in [0.15, 0.2) is 0 Å². The van der Waals surface area contributed by atoms with Gasteiger partial charge >= 0.3 is 5.97 Å². The van der Waals surface area contributed by atoms with Crippen molar-refractivity contribution in [2.45, 2.75) is 18.6 Å². The van der Waals surface area contributed by atoms with Gasteiger partial charge in [0.25, 0.3) is 5.69 Å². The fourth-order valence-electron chi connectivity index (χ4n) is 1.40. The number of nitro benzene ring substituents is 1. The van der Waals surface area contributed by atoms with Crippen molar-refractivity contribution in [3.05, 3.63) is 39.9 Å². The van der Waals surface area contributed by atoms with Crippen LogP contribution in [0.2, 0.25) is 0 Å². The van der Waals surface area contributed by atoms with Crippen molar-refractivity contribution in [3.63, 3.8) is 0 Å². The van der Waals surface area contributed by atoms with Crippen LogP contribution >= 0.6 is 0 Å². The topological polar surface area (TPSA) is 97.5 Å². The average Bonchev–Trinajstić information content (AvgIpc) is 2.35. The third kappa shape index (κ3) is 3.63. The lowest BCUT2D eigenvalue weighted by molar-refractivity contribution is -0.385. The molecule has 1 rings (SSSR count). The molecule has 0 aliphatic rings. The number of hydrogen-bond acceptors (Lipinski definition) is 4. The number of rotatable bonds is 6. The van der Waals surface area contributed by atoms with Crippen molar-refractivity contribution in [3.8, 4) is 0 Å². The van der Waals surface area contributed by atoms with Gasteiger partial charge in [0, 0.05) is 28.2 Å². The number of benzene rings is 1. The van der Waals surface area contributed by atoms with Gasteiger partial charge in [-0.25, -0.2) is 0 Å². The Morgan fingerprint density at radius 3 is 2.67 bits per heavy atom. The molecule has 0 spiro atoms. The molecule has 18 heavy (non-hydrogen) atoms. The van der Waals surface area contributed by atoms with E-state index in [1.807, 2.05) is 0 Å². The standard InChI is InChI=1S/C11H13NO5S/c1-8(11(13)14)18(17)7-6-9-4-2-3-5-10(9)12(15)16/h2-5,8H,6-7H2,1H3,(H,13,14). The Labute approximate surface area is 106 Å². The van der Waals surface area contributed by atoms with Gasteiger partial charge in [-0.2, -0.15) is 0 Å². The molecule has 1 N–H and O–H groups in total. The smallest absolute Gasteiger partial charge is 0.318 e. The molecule has 0 fully saturated rings. The number of aliphatic carboxylic acids is 1. The van der Waals surface area contributed by atoms with E-state index >= 15 is 0 Å². The van der Waals surface area contributed by atoms with E-state index in [0.717, 1.165) is 0 Å². The van der Waals surface area contributed by atoms with Gasteiger partial charge in [-0.15, -0.1) is 0 Å². The predicted molar refractivity (Wildman–Crippen MR) is 66.9 cm³/mol. The lowest BCUT2D eigenvalue weighted by Gasteiger charge is -2.06. The summed E-state index contributed by atoms with van der Waals surface area (Å²) in [5, 5.41) is 18.5. The van der Waals surface area contributed by atoms with E-state index in [1.165, 1.54) is 13.0 Å². The number of para-hydroxylation sites is 1. The minimum absolute atomic E-state index is 0.0301. The molecule has 0 aromatic heterocycles. The summed E-state index contributed by atoms with van der Waals surface area (Å²) >= 11 is 0. The molecule has 6 nitrogen and oxygen atoms in total. The lowest BCUT2D eigenvalue weighted by atomic mass is 10.1. The van der Waals surface area contributed by atoms with Crippen LogP contribution in [0.5, 0.6) is 0 Å². The summed E-state index contributed by atoms with van der Waals surface area (Å²) in [7, 11) is -1.54. The first-order chi connectivity index (χ1) is 8.43. The van der Waals surface area contributed by atoms with Gasteiger partial charge in [0.2, 0.25) is 0 Å². The van der Waals surface area contributed by atoms with Gasteiger partial charge in [0.1, 0.15) is 5.25 Å². The Morgan fingerprint density at radius 1 is 1.50 bits per heavy atom. The Hall–Kier alpha value is -1.76. The van der Waals surface area contributed by atoms with Crippen LogP contribution in [0.15, 0.2) is 24.3 Å². The summed E-state index contributed by atoms with van der Waals surface area (Å²) in [5.74, 6) is -1.03. The van der Waals surface area contributed by atoms with Crippen LogP contribution in [0.4, 0.5) is 5.69 Å². The van der Waals surface area contributed by atoms with Crippen LogP contribution in [0.25, 0.3) is 0 Å². The summed E-state index contributed by atoms with van der Waals surface area (Å²) < 4.78 is 11.6. The Morgan fingerprint density at radius 2 is 2.11 bits per heavy atom. The first-order valence-corrected chi connectivity index (χ1v) is 6.64. The van der Waals surface area contributed by atoms with Gasteiger partial charge in [0.05, 0.1) is 4.92 Å². The molecule has 1 aromatic rings. The summed E-state index contributed by atoms with van der Waals surface area (Å²) in [6.07, 6.45) is 0.224. The third-order valence-electron chi connectivity index (χ3n) is 2.50. The molecule has 0 saturated heterocycles. The van der Waals surface area contributed by atoms with E-state index in [-0.39, 0.29) is 17.9 Å². The van der Waals surface area contributed by atoms with Crippen molar-refractivity contribution in [1.29, 1.82) is 0 Å². The zero-order valence-corrected chi connectivity index (χ0v) is 10.6. The maximum absolute atomic E-state index is 11.6. The van der Waals surface area contributed by atoms with Crippen molar-refractivity contribution < 1.29 is 19.0 Å². The van der Waals surface area contributed by atoms with E-state index < -0.39 is 26.9 Å². The maximum atomic E-state index is 11.6. The molecule has 0 heterocycles. The van der Waals surface area contributed by atoms with Gasteiger partial charge < -0.3 is 5.11 Å². The summed E-state index contributed by atoms with van der Waals surface area (Å²) in [6, 6.07) is 6.17. The highest BCUT2D eigenvalue weighted by Crippen LogP contribution is 2.18. The lowest BCUT2D eigenvalue weighted by Crippen LogP contribution is -2.24. The molecule has 0 radical (unpaired) electrons. The van der Waals surface area contributed by atoms with Crippen LogP contribution in [0.3, 0.4) is 0 Å². The van der Waals surface area contributed by atoms with Crippen LogP contribution in [-0.4, -0.2) is 31.2 Å². The first-order valence-electron chi connectivity index (χ1n) is 5.25. The molecule has 1 aromatic carbocycles. The van der Waals surface area contributed by atoms with Gasteiger partial charge in [-0.05, 0) is 13.3 Å². The van der Waals surface area contributed by atoms with E-state index in [1.54, 1.807) is 18.2 Å². The second-order valence-electron chi connectivity index (χ2n) is 3.70. The Balaban J connectivity index is 2.72. The van der Waals surface area contributed by atoms with Crippen LogP contribution in [-0.2, 0) is 22.0 Å². The first kappa shape index (κ1) is 14.3. The number of nitro groups is 1. The molecular formula is C11H13NO5S. The van der Waals surface area contributed by atoms with E-state index in [0.29, 0.717) is 5.56 Å². The highest BCUT2D eigenvalue weighted by atomic mass is 32.2. The van der Waals surface area contributed by atoms with Crippen LogP contribution in [0.1, 0.15) is 12.5 Å². The molecule has 0 amide bonds. The molecule has 0 saturated carbocycles. The van der Waals surface area contributed by atoms with E-state index in [2.05, 4.69) is 0 Å². The quantitative estimate of drug-likeness (QED) is 0.622. The zero-order chi connectivity index (χ0) is 13.7. The van der Waals surface area contributed by atoms with Crippen molar-refractivity contribution in [2.75, 3.05) is 5.75 Å². The Bertz CT molecular complexity index is 488. The Kier molecular flexibility index (Phi) is 4.96. The summed E-state index contributed by atoms with van der Waals surface area (Å²) in [6.45, 7) is 1.36. The summed E-state index contributed by atoms with van der Waals surface area (Å²) in [5.41, 5.74) is 0.436. The fraction of sp³-hybridized carbons (Fsp3) is 0.364. The number of hydrogen-bond donors (Lipinski definition) is 1. The molecule has 7 heteroatoms. The average molecular weight is 271 g/mol. The molecule has 2 unspecified atom stereocenters. The highest BCUT2D eigenvalue weighted by Gasteiger charge is 2.20. The number of nitrogens with zero attached hydrogens (tertiary/aromatic N) is 1. The monoisotopic (exact) mass is 271 g/mol. The molecule has 0 bridgehead atoms. The summed E-state index contributed by atoms with van der Waals surface area (Å²) in [4.78, 5) is 20.9. The molecule has 98 valence electrons. The normalized spacial score (nSPS) is 13.8. The molecule has 0 aliphatic carbocycles. The van der Waals surface area contributed by atoms with Crippen molar-refractivity contribution >= 4 is 22.5 Å². The predicted octanol–water partition coefficient (Wildman–Crippen LogP) is 1.36.